The molecule has 0 aliphatic heterocycles. The van der Waals surface area contributed by atoms with E-state index in [1.807, 2.05) is 0 Å². The quantitative estimate of drug-likeness (QED) is 0.345. The van der Waals surface area contributed by atoms with E-state index in [0.717, 1.165) is 0 Å². The standard InChI is InChI=1S/C7H11.BrH.Mg/c1-7-5-3-2-4-6-7;;/h5H,1-4,6H2;1H;/q-1;;+2/p-1. The molecule has 0 nitrogen and oxygen atoms in total. The summed E-state index contributed by atoms with van der Waals surface area (Å²) in [6, 6.07) is 0. The van der Waals surface area contributed by atoms with Gasteiger partial charge in [-0.25, -0.2) is 18.6 Å². The van der Waals surface area contributed by atoms with Gasteiger partial charge in [-0.05, 0) is 0 Å². The van der Waals surface area contributed by atoms with E-state index in [1.54, 1.807) is 0 Å². The molecule has 9 heavy (non-hydrogen) atoms. The van der Waals surface area contributed by atoms with Crippen molar-refractivity contribution in [3.63, 3.8) is 0 Å². The Morgan fingerprint density at radius 3 is 2.22 bits per heavy atom. The molecule has 1 rings (SSSR count). The van der Waals surface area contributed by atoms with E-state index >= 15 is 0 Å². The summed E-state index contributed by atoms with van der Waals surface area (Å²) in [4.78, 5) is 0. The fourth-order valence-electron chi connectivity index (χ4n) is 0.905. The van der Waals surface area contributed by atoms with Crippen LogP contribution >= 0.6 is 0 Å². The van der Waals surface area contributed by atoms with Crippen LogP contribution in [0.25, 0.3) is 0 Å². The first-order valence-corrected chi connectivity index (χ1v) is 2.90. The van der Waals surface area contributed by atoms with E-state index in [4.69, 9.17) is 0 Å². The summed E-state index contributed by atoms with van der Waals surface area (Å²) in [5.41, 5.74) is 1.34. The number of allylic oxidation sites excluding steroid dienone is 1. The molecule has 1 aliphatic carbocycles. The second-order valence-corrected chi connectivity index (χ2v) is 2.11. The summed E-state index contributed by atoms with van der Waals surface area (Å²) >= 11 is 0. The second kappa shape index (κ2) is 6.97. The Balaban J connectivity index is 0. The largest absolute Gasteiger partial charge is 2.00 e. The van der Waals surface area contributed by atoms with Crippen molar-refractivity contribution < 1.29 is 17.0 Å². The third kappa shape index (κ3) is 5.31. The molecule has 48 valence electrons. The van der Waals surface area contributed by atoms with Gasteiger partial charge < -0.3 is 17.0 Å². The van der Waals surface area contributed by atoms with Crippen molar-refractivity contribution in [3.8, 4) is 0 Å². The summed E-state index contributed by atoms with van der Waals surface area (Å²) in [5.74, 6) is 0. The molecule has 1 fully saturated rings. The van der Waals surface area contributed by atoms with Crippen molar-refractivity contribution in [1.29, 1.82) is 0 Å². The molecule has 2 heteroatoms. The van der Waals surface area contributed by atoms with E-state index in [1.165, 1.54) is 31.3 Å². The third-order valence-corrected chi connectivity index (χ3v) is 1.39. The molecule has 0 radical (unpaired) electrons. The predicted octanol–water partition coefficient (Wildman–Crippen LogP) is -1.06. The van der Waals surface area contributed by atoms with E-state index in [9.17, 15) is 0 Å². The molecule has 0 heterocycles. The van der Waals surface area contributed by atoms with Crippen LogP contribution in [0.4, 0.5) is 0 Å². The van der Waals surface area contributed by atoms with Crippen molar-refractivity contribution in [3.05, 3.63) is 18.6 Å². The van der Waals surface area contributed by atoms with E-state index < -0.39 is 0 Å². The van der Waals surface area contributed by atoms with Crippen LogP contribution in [-0.2, 0) is 0 Å². The number of hydrogen-bond donors (Lipinski definition) is 0. The van der Waals surface area contributed by atoms with Gasteiger partial charge in [0.25, 0.3) is 0 Å². The van der Waals surface area contributed by atoms with Gasteiger partial charge in [-0.1, -0.05) is 19.3 Å². The van der Waals surface area contributed by atoms with Gasteiger partial charge in [0.15, 0.2) is 0 Å². The Hall–Kier alpha value is 0.856. The maximum absolute atomic E-state index is 3.86. The van der Waals surface area contributed by atoms with Crippen LogP contribution in [0.1, 0.15) is 25.7 Å². The molecule has 0 atom stereocenters. The van der Waals surface area contributed by atoms with Gasteiger partial charge in [0, 0.05) is 0 Å². The molecule has 0 bridgehead atoms. The molecule has 1 aliphatic rings. The van der Waals surface area contributed by atoms with Gasteiger partial charge in [0.2, 0.25) is 0 Å². The Morgan fingerprint density at radius 2 is 2.00 bits per heavy atom. The monoisotopic (exact) mass is 198 g/mol. The van der Waals surface area contributed by atoms with E-state index in [0.29, 0.717) is 0 Å². The smallest absolute Gasteiger partial charge is 1.00 e. The minimum Gasteiger partial charge on any atom is -1.00 e. The van der Waals surface area contributed by atoms with E-state index in [-0.39, 0.29) is 40.0 Å². The topological polar surface area (TPSA) is 0 Å². The van der Waals surface area contributed by atoms with Crippen molar-refractivity contribution in [2.45, 2.75) is 25.7 Å². The molecule has 0 aromatic rings. The molecular formula is C7H11BrMg. The Bertz CT molecular complexity index is 73.0. The number of hydrogen-bond acceptors (Lipinski definition) is 0. The summed E-state index contributed by atoms with van der Waals surface area (Å²) < 4.78 is 0. The average Bonchev–Trinajstić information content (AvgIpc) is 1.69. The fourth-order valence-corrected chi connectivity index (χ4v) is 0.905. The first-order chi connectivity index (χ1) is 3.39. The minimum absolute atomic E-state index is 0. The van der Waals surface area contributed by atoms with Crippen molar-refractivity contribution in [2.24, 2.45) is 0 Å². The summed E-state index contributed by atoms with van der Waals surface area (Å²) in [6.07, 6.45) is 7.47. The van der Waals surface area contributed by atoms with Gasteiger partial charge in [-0.15, -0.1) is 6.42 Å². The molecule has 1 saturated carbocycles. The molecule has 0 unspecified atom stereocenters. The van der Waals surface area contributed by atoms with Crippen molar-refractivity contribution >= 4 is 23.1 Å². The van der Waals surface area contributed by atoms with Gasteiger partial charge in [0.1, 0.15) is 0 Å². The predicted molar refractivity (Wildman–Crippen MR) is 37.7 cm³/mol. The van der Waals surface area contributed by atoms with Gasteiger partial charge in [-0.3, -0.25) is 0 Å². The van der Waals surface area contributed by atoms with Crippen LogP contribution in [0.3, 0.4) is 0 Å². The summed E-state index contributed by atoms with van der Waals surface area (Å²) in [6.45, 7) is 3.86. The normalized spacial score (nSPS) is 16.7. The van der Waals surface area contributed by atoms with Crippen molar-refractivity contribution in [1.82, 2.24) is 0 Å². The van der Waals surface area contributed by atoms with Gasteiger partial charge in [0.05, 0.1) is 0 Å². The Labute approximate surface area is 84.0 Å². The first kappa shape index (κ1) is 12.5. The minimum atomic E-state index is 0. The second-order valence-electron chi connectivity index (χ2n) is 2.11. The zero-order chi connectivity index (χ0) is 5.11. The molecule has 0 spiro atoms. The molecule has 0 amide bonds. The zero-order valence-corrected chi connectivity index (χ0v) is 8.70. The van der Waals surface area contributed by atoms with Crippen LogP contribution in [0.2, 0.25) is 0 Å². The Kier molecular flexibility index (Phi) is 9.70. The third-order valence-electron chi connectivity index (χ3n) is 1.39. The van der Waals surface area contributed by atoms with Crippen LogP contribution in [-0.4, -0.2) is 23.1 Å². The first-order valence-electron chi connectivity index (χ1n) is 2.90. The zero-order valence-electron chi connectivity index (χ0n) is 5.70. The maximum Gasteiger partial charge on any atom is 2.00 e. The van der Waals surface area contributed by atoms with Crippen LogP contribution < -0.4 is 17.0 Å². The number of halogens is 1. The van der Waals surface area contributed by atoms with Crippen LogP contribution in [0.15, 0.2) is 12.2 Å². The molecule has 0 aromatic carbocycles. The van der Waals surface area contributed by atoms with Crippen LogP contribution in [0, 0.1) is 6.42 Å². The molecule has 0 saturated heterocycles. The molecule has 0 aromatic heterocycles. The molecular weight excluding hydrogens is 188 g/mol. The van der Waals surface area contributed by atoms with Gasteiger partial charge >= 0.3 is 23.1 Å². The van der Waals surface area contributed by atoms with Gasteiger partial charge in [-0.2, -0.15) is 0 Å². The average molecular weight is 199 g/mol. The number of rotatable bonds is 0. The van der Waals surface area contributed by atoms with Crippen molar-refractivity contribution in [2.75, 3.05) is 0 Å². The molecule has 0 N–H and O–H groups in total. The maximum atomic E-state index is 3.86. The fraction of sp³-hybridized carbons (Fsp3) is 0.571. The summed E-state index contributed by atoms with van der Waals surface area (Å²) in [7, 11) is 0. The van der Waals surface area contributed by atoms with E-state index in [2.05, 4.69) is 13.0 Å². The SMILES string of the molecule is C=C1[CH-]CCCC1.[Br-].[Mg+2]. The Morgan fingerprint density at radius 1 is 1.33 bits per heavy atom. The summed E-state index contributed by atoms with van der Waals surface area (Å²) in [5, 5.41) is 0. The van der Waals surface area contributed by atoms with Crippen LogP contribution in [0.5, 0.6) is 0 Å².